The molecular formula is C26H29N9O3S. The maximum absolute atomic E-state index is 13.1. The summed E-state index contributed by atoms with van der Waals surface area (Å²) in [6, 6.07) is 3.97. The molecule has 202 valence electrons. The molecule has 1 saturated carbocycles. The lowest BCUT2D eigenvalue weighted by atomic mass is 9.82. The number of hydrogen-bond acceptors (Lipinski definition) is 9. The number of hydrogen-bond donors (Lipinski definition) is 2. The molecule has 7 rings (SSSR count). The number of anilines is 1. The molecule has 1 aliphatic carbocycles. The molecule has 2 bridgehead atoms. The lowest BCUT2D eigenvalue weighted by Gasteiger charge is -2.38. The SMILES string of the molecule is CS(=O)(=O)c1c(C2CC3CCC(C2)N3C(=O)c2ncn[nH]2)nc2c(-c3ccc(C4CCC4)nc3)cnn2c1N. The molecule has 0 aromatic carbocycles. The minimum atomic E-state index is -3.72. The van der Waals surface area contributed by atoms with Gasteiger partial charge < -0.3 is 10.6 Å². The highest BCUT2D eigenvalue weighted by molar-refractivity contribution is 7.91. The zero-order valence-corrected chi connectivity index (χ0v) is 22.3. The van der Waals surface area contributed by atoms with E-state index >= 15 is 0 Å². The second-order valence-corrected chi connectivity index (χ2v) is 12.9. The van der Waals surface area contributed by atoms with Crippen molar-refractivity contribution in [1.29, 1.82) is 0 Å². The van der Waals surface area contributed by atoms with Crippen LogP contribution in [0.3, 0.4) is 0 Å². The quantitative estimate of drug-likeness (QED) is 0.382. The summed E-state index contributed by atoms with van der Waals surface area (Å²) in [5.74, 6) is 0.431. The number of fused-ring (bicyclic) bond motifs is 3. The Balaban J connectivity index is 1.28. The number of aromatic nitrogens is 7. The molecule has 13 heteroatoms. The van der Waals surface area contributed by atoms with Crippen LogP contribution in [0.25, 0.3) is 16.8 Å². The Bertz CT molecular complexity index is 1660. The van der Waals surface area contributed by atoms with Gasteiger partial charge in [0.25, 0.3) is 5.91 Å². The lowest BCUT2D eigenvalue weighted by Crippen LogP contribution is -2.46. The number of piperidine rings is 1. The summed E-state index contributed by atoms with van der Waals surface area (Å²) in [5, 5.41) is 10.9. The molecule has 6 heterocycles. The third kappa shape index (κ3) is 3.89. The summed E-state index contributed by atoms with van der Waals surface area (Å²) >= 11 is 0. The number of H-pyrrole nitrogens is 1. The average Bonchev–Trinajstić information content (AvgIpc) is 3.61. The molecule has 3 fully saturated rings. The van der Waals surface area contributed by atoms with Gasteiger partial charge in [0.15, 0.2) is 15.5 Å². The van der Waals surface area contributed by atoms with Crippen LogP contribution >= 0.6 is 0 Å². The first-order valence-corrected chi connectivity index (χ1v) is 15.2. The predicted octanol–water partition coefficient (Wildman–Crippen LogP) is 2.71. The number of carbonyl (C=O) groups excluding carboxylic acids is 1. The summed E-state index contributed by atoms with van der Waals surface area (Å²) in [5.41, 5.74) is 10.1. The van der Waals surface area contributed by atoms with E-state index in [1.807, 2.05) is 17.2 Å². The monoisotopic (exact) mass is 547 g/mol. The number of carbonyl (C=O) groups is 1. The van der Waals surface area contributed by atoms with Crippen molar-refractivity contribution in [3.8, 4) is 11.1 Å². The molecule has 4 aromatic rings. The average molecular weight is 548 g/mol. The second-order valence-electron chi connectivity index (χ2n) is 11.0. The Morgan fingerprint density at radius 1 is 1.05 bits per heavy atom. The molecule has 2 aliphatic heterocycles. The van der Waals surface area contributed by atoms with Gasteiger partial charge >= 0.3 is 0 Å². The van der Waals surface area contributed by atoms with Gasteiger partial charge in [0.2, 0.25) is 5.82 Å². The lowest BCUT2D eigenvalue weighted by molar-refractivity contribution is 0.0556. The summed E-state index contributed by atoms with van der Waals surface area (Å²) in [7, 11) is -3.72. The molecule has 3 aliphatic rings. The normalized spacial score (nSPS) is 23.3. The first-order chi connectivity index (χ1) is 18.8. The smallest absolute Gasteiger partial charge is 0.291 e. The van der Waals surface area contributed by atoms with E-state index in [-0.39, 0.29) is 40.4 Å². The molecule has 3 N–H and O–H groups in total. The van der Waals surface area contributed by atoms with Crippen LogP contribution in [0.1, 0.15) is 78.8 Å². The number of nitrogens with one attached hydrogen (secondary N) is 1. The van der Waals surface area contributed by atoms with E-state index in [2.05, 4.69) is 31.3 Å². The van der Waals surface area contributed by atoms with Crippen LogP contribution in [-0.2, 0) is 9.84 Å². The van der Waals surface area contributed by atoms with Gasteiger partial charge in [0, 0.05) is 53.2 Å². The summed E-state index contributed by atoms with van der Waals surface area (Å²) in [6.07, 6.45) is 12.4. The maximum Gasteiger partial charge on any atom is 0.291 e. The van der Waals surface area contributed by atoms with Crippen LogP contribution in [0.15, 0.2) is 35.7 Å². The maximum atomic E-state index is 13.1. The molecule has 39 heavy (non-hydrogen) atoms. The van der Waals surface area contributed by atoms with Crippen molar-refractivity contribution in [2.24, 2.45) is 0 Å². The van der Waals surface area contributed by atoms with Crippen molar-refractivity contribution in [3.63, 3.8) is 0 Å². The van der Waals surface area contributed by atoms with Crippen LogP contribution in [-0.4, -0.2) is 72.3 Å². The number of aromatic amines is 1. The highest BCUT2D eigenvalue weighted by Crippen LogP contribution is 2.45. The second kappa shape index (κ2) is 8.83. The molecule has 2 saturated heterocycles. The van der Waals surface area contributed by atoms with E-state index in [0.717, 1.165) is 35.9 Å². The van der Waals surface area contributed by atoms with E-state index in [1.165, 1.54) is 30.1 Å². The fourth-order valence-corrected chi connectivity index (χ4v) is 7.61. The van der Waals surface area contributed by atoms with E-state index in [1.54, 1.807) is 6.20 Å². The standard InChI is InChI=1S/C26H29N9O3S/c1-39(37,38)22-21(16-9-17-6-7-18(10-16)34(17)26(36)24-29-13-30-33-24)32-25-19(12-31-35(25)23(22)27)15-5-8-20(28-11-15)14-3-2-4-14/h5,8,11-14,16-18H,2-4,6-7,9-10,27H2,1H3,(H,29,30,33). The first-order valence-electron chi connectivity index (χ1n) is 13.3. The number of nitrogen functional groups attached to an aromatic ring is 1. The van der Waals surface area contributed by atoms with Gasteiger partial charge in [-0.05, 0) is 44.6 Å². The molecule has 2 unspecified atom stereocenters. The van der Waals surface area contributed by atoms with Crippen LogP contribution in [0, 0.1) is 0 Å². The highest BCUT2D eigenvalue weighted by Gasteiger charge is 2.46. The Hall–Kier alpha value is -3.87. The van der Waals surface area contributed by atoms with Crippen molar-refractivity contribution in [3.05, 3.63) is 48.1 Å². The summed E-state index contributed by atoms with van der Waals surface area (Å²) in [6.45, 7) is 0. The zero-order chi connectivity index (χ0) is 26.9. The van der Waals surface area contributed by atoms with Gasteiger partial charge in [-0.3, -0.25) is 14.9 Å². The molecule has 0 spiro atoms. The number of amides is 1. The van der Waals surface area contributed by atoms with Crippen molar-refractivity contribution >= 4 is 27.2 Å². The Kier molecular flexibility index (Phi) is 5.48. The van der Waals surface area contributed by atoms with E-state index in [4.69, 9.17) is 10.7 Å². The van der Waals surface area contributed by atoms with Crippen LogP contribution in [0.4, 0.5) is 5.82 Å². The fourth-order valence-electron chi connectivity index (χ4n) is 6.55. The summed E-state index contributed by atoms with van der Waals surface area (Å²) in [4.78, 5) is 28.7. The minimum Gasteiger partial charge on any atom is -0.382 e. The predicted molar refractivity (Wildman–Crippen MR) is 142 cm³/mol. The third-order valence-electron chi connectivity index (χ3n) is 8.63. The van der Waals surface area contributed by atoms with Gasteiger partial charge in [-0.2, -0.15) is 14.7 Å². The van der Waals surface area contributed by atoms with Gasteiger partial charge in [-0.1, -0.05) is 12.5 Å². The number of sulfone groups is 1. The minimum absolute atomic E-state index is 0.0162. The van der Waals surface area contributed by atoms with Gasteiger partial charge in [-0.25, -0.2) is 18.4 Å². The van der Waals surface area contributed by atoms with E-state index in [9.17, 15) is 13.2 Å². The van der Waals surface area contributed by atoms with Crippen LogP contribution in [0.2, 0.25) is 0 Å². The molecular weight excluding hydrogens is 518 g/mol. The van der Waals surface area contributed by atoms with E-state index in [0.29, 0.717) is 30.1 Å². The number of pyridine rings is 1. The third-order valence-corrected chi connectivity index (χ3v) is 9.79. The highest BCUT2D eigenvalue weighted by atomic mass is 32.2. The Morgan fingerprint density at radius 3 is 2.41 bits per heavy atom. The largest absolute Gasteiger partial charge is 0.382 e. The molecule has 12 nitrogen and oxygen atoms in total. The fraction of sp³-hybridized carbons (Fsp3) is 0.462. The van der Waals surface area contributed by atoms with Gasteiger partial charge in [-0.15, -0.1) is 0 Å². The molecule has 1 amide bonds. The topological polar surface area (TPSA) is 165 Å². The Morgan fingerprint density at radius 2 is 1.82 bits per heavy atom. The number of nitrogens with zero attached hydrogens (tertiary/aromatic N) is 7. The van der Waals surface area contributed by atoms with Crippen molar-refractivity contribution in [2.75, 3.05) is 12.0 Å². The van der Waals surface area contributed by atoms with Gasteiger partial charge in [0.05, 0.1) is 11.9 Å². The number of nitrogens with two attached hydrogens (primary N) is 1. The molecule has 0 radical (unpaired) electrons. The van der Waals surface area contributed by atoms with Crippen molar-refractivity contribution < 1.29 is 13.2 Å². The van der Waals surface area contributed by atoms with Crippen molar-refractivity contribution in [1.82, 2.24) is 39.7 Å². The van der Waals surface area contributed by atoms with Gasteiger partial charge in [0.1, 0.15) is 17.0 Å². The van der Waals surface area contributed by atoms with E-state index < -0.39 is 9.84 Å². The molecule has 4 aromatic heterocycles. The van der Waals surface area contributed by atoms with Crippen LogP contribution in [0.5, 0.6) is 0 Å². The molecule has 2 atom stereocenters. The first kappa shape index (κ1) is 24.2. The Labute approximate surface area is 225 Å². The van der Waals surface area contributed by atoms with Crippen molar-refractivity contribution in [2.45, 2.75) is 73.8 Å². The van der Waals surface area contributed by atoms with Crippen LogP contribution < -0.4 is 5.73 Å². The zero-order valence-electron chi connectivity index (χ0n) is 21.5. The summed E-state index contributed by atoms with van der Waals surface area (Å²) < 4.78 is 27.5. The number of rotatable bonds is 5.